The lowest BCUT2D eigenvalue weighted by molar-refractivity contribution is 0.660. The van der Waals surface area contributed by atoms with E-state index in [0.29, 0.717) is 0 Å². The molecule has 0 saturated heterocycles. The number of nitrogens with zero attached hydrogens (tertiary/aromatic N) is 3. The number of hydrogen-bond acceptors (Lipinski definition) is 1. The van der Waals surface area contributed by atoms with Crippen LogP contribution < -0.4 is 0 Å². The SMILES string of the molecule is CC1(C)c2ccc(-c3ccc4c(c3)c3cc(-c5ccc6c(c5)c5ccccc5n6-c5ccccc5)ccc3n4-c3ccccc3)cc2-c2cc(-c3ccccn3)ccc21. The van der Waals surface area contributed by atoms with Crippen LogP contribution in [0.5, 0.6) is 0 Å². The third-order valence-electron chi connectivity index (χ3n) is 12.8. The van der Waals surface area contributed by atoms with Gasteiger partial charge in [-0.05, 0) is 136 Å². The van der Waals surface area contributed by atoms with Crippen LogP contribution in [0.25, 0.3) is 99.6 Å². The minimum absolute atomic E-state index is 0.0885. The highest BCUT2D eigenvalue weighted by atomic mass is 15.0. The van der Waals surface area contributed by atoms with Crippen LogP contribution in [-0.2, 0) is 5.41 Å². The molecule has 0 aliphatic heterocycles. The third-order valence-corrected chi connectivity index (χ3v) is 12.8. The fourth-order valence-electron chi connectivity index (χ4n) is 9.89. The molecular formula is C56H39N3. The summed E-state index contributed by atoms with van der Waals surface area (Å²) < 4.78 is 4.79. The summed E-state index contributed by atoms with van der Waals surface area (Å²) in [6.07, 6.45) is 1.87. The Morgan fingerprint density at radius 3 is 1.32 bits per heavy atom. The number of para-hydroxylation sites is 3. The Labute approximate surface area is 343 Å². The molecule has 278 valence electrons. The summed E-state index contributed by atoms with van der Waals surface area (Å²) in [4.78, 5) is 4.67. The number of hydrogen-bond donors (Lipinski definition) is 0. The molecule has 12 rings (SSSR count). The van der Waals surface area contributed by atoms with Crippen molar-refractivity contribution < 1.29 is 0 Å². The van der Waals surface area contributed by atoms with E-state index in [1.165, 1.54) is 93.8 Å². The van der Waals surface area contributed by atoms with Crippen LogP contribution in [0.3, 0.4) is 0 Å². The first-order valence-corrected chi connectivity index (χ1v) is 20.5. The molecule has 0 N–H and O–H groups in total. The first-order chi connectivity index (χ1) is 29.0. The summed E-state index contributed by atoms with van der Waals surface area (Å²) >= 11 is 0. The molecule has 0 bridgehead atoms. The summed E-state index contributed by atoms with van der Waals surface area (Å²) in [7, 11) is 0. The van der Waals surface area contributed by atoms with Gasteiger partial charge in [-0.25, -0.2) is 0 Å². The van der Waals surface area contributed by atoms with E-state index in [-0.39, 0.29) is 5.41 Å². The monoisotopic (exact) mass is 753 g/mol. The van der Waals surface area contributed by atoms with Crippen molar-refractivity contribution in [3.63, 3.8) is 0 Å². The second-order valence-corrected chi connectivity index (χ2v) is 16.4. The average Bonchev–Trinajstić information content (AvgIpc) is 3.89. The number of fused-ring (bicyclic) bond motifs is 9. The van der Waals surface area contributed by atoms with Crippen molar-refractivity contribution in [2.24, 2.45) is 0 Å². The number of aromatic nitrogens is 3. The zero-order chi connectivity index (χ0) is 39.2. The molecule has 0 radical (unpaired) electrons. The highest BCUT2D eigenvalue weighted by Crippen LogP contribution is 2.51. The van der Waals surface area contributed by atoms with Gasteiger partial charge in [0.1, 0.15) is 0 Å². The molecule has 3 heterocycles. The molecule has 3 nitrogen and oxygen atoms in total. The molecule has 0 saturated carbocycles. The van der Waals surface area contributed by atoms with Gasteiger partial charge in [-0.3, -0.25) is 4.98 Å². The number of pyridine rings is 1. The highest BCUT2D eigenvalue weighted by molar-refractivity contribution is 6.13. The standard InChI is InChI=1S/C56H39N3/c1-56(2)49-25-20-36(31-44(49)45-35-40(21-26-50(45)56)51-18-11-12-30-57-51)38-23-28-54-47(33-38)48-34-39(24-29-55(48)59(54)42-15-7-4-8-16-42)37-22-27-53-46(32-37)43-17-9-10-19-52(43)58(53)41-13-5-3-6-14-41/h3-35H,1-2H3. The summed E-state index contributed by atoms with van der Waals surface area (Å²) in [6, 6.07) is 71.2. The Balaban J connectivity index is 1.03. The van der Waals surface area contributed by atoms with E-state index in [9.17, 15) is 0 Å². The van der Waals surface area contributed by atoms with Crippen molar-refractivity contribution in [3.8, 4) is 56.0 Å². The van der Waals surface area contributed by atoms with Crippen molar-refractivity contribution in [2.75, 3.05) is 0 Å². The molecule has 0 atom stereocenters. The van der Waals surface area contributed by atoms with E-state index in [1.807, 2.05) is 12.3 Å². The summed E-state index contributed by atoms with van der Waals surface area (Å²) in [6.45, 7) is 4.69. The predicted molar refractivity (Wildman–Crippen MR) is 247 cm³/mol. The quantitative estimate of drug-likeness (QED) is 0.172. The van der Waals surface area contributed by atoms with E-state index >= 15 is 0 Å². The fourth-order valence-corrected chi connectivity index (χ4v) is 9.89. The largest absolute Gasteiger partial charge is 0.309 e. The van der Waals surface area contributed by atoms with Crippen LogP contribution in [0.4, 0.5) is 0 Å². The van der Waals surface area contributed by atoms with Crippen molar-refractivity contribution in [1.29, 1.82) is 0 Å². The lowest BCUT2D eigenvalue weighted by atomic mass is 9.82. The molecule has 3 heteroatoms. The fraction of sp³-hybridized carbons (Fsp3) is 0.0536. The van der Waals surface area contributed by atoms with Gasteiger partial charge in [0, 0.05) is 50.1 Å². The van der Waals surface area contributed by atoms with Crippen molar-refractivity contribution in [2.45, 2.75) is 19.3 Å². The van der Waals surface area contributed by atoms with Gasteiger partial charge in [-0.2, -0.15) is 0 Å². The van der Waals surface area contributed by atoms with Gasteiger partial charge in [0.05, 0.1) is 27.8 Å². The predicted octanol–water partition coefficient (Wildman–Crippen LogP) is 14.6. The second-order valence-electron chi connectivity index (χ2n) is 16.4. The minimum atomic E-state index is -0.0885. The molecular weight excluding hydrogens is 715 g/mol. The molecule has 0 unspecified atom stereocenters. The third kappa shape index (κ3) is 5.11. The summed E-state index contributed by atoms with van der Waals surface area (Å²) in [5.74, 6) is 0. The smallest absolute Gasteiger partial charge is 0.0702 e. The average molecular weight is 754 g/mol. The Morgan fingerprint density at radius 1 is 0.356 bits per heavy atom. The zero-order valence-electron chi connectivity index (χ0n) is 32.9. The Hall–Kier alpha value is -7.49. The van der Waals surface area contributed by atoms with Crippen molar-refractivity contribution in [1.82, 2.24) is 14.1 Å². The molecule has 11 aromatic rings. The molecule has 0 spiro atoms. The lowest BCUT2D eigenvalue weighted by Gasteiger charge is -2.21. The maximum atomic E-state index is 4.67. The Bertz CT molecular complexity index is 3440. The van der Waals surface area contributed by atoms with Crippen LogP contribution in [0.1, 0.15) is 25.0 Å². The molecule has 0 fully saturated rings. The molecule has 0 amide bonds. The maximum absolute atomic E-state index is 4.67. The molecule has 3 aromatic heterocycles. The lowest BCUT2D eigenvalue weighted by Crippen LogP contribution is -2.14. The maximum Gasteiger partial charge on any atom is 0.0702 e. The number of rotatable bonds is 5. The minimum Gasteiger partial charge on any atom is -0.309 e. The van der Waals surface area contributed by atoms with Gasteiger partial charge in [-0.15, -0.1) is 0 Å². The molecule has 1 aliphatic carbocycles. The van der Waals surface area contributed by atoms with E-state index in [4.69, 9.17) is 0 Å². The van der Waals surface area contributed by atoms with Crippen LogP contribution in [-0.4, -0.2) is 14.1 Å². The first kappa shape index (κ1) is 33.6. The normalized spacial score (nSPS) is 13.1. The van der Waals surface area contributed by atoms with Gasteiger partial charge in [0.2, 0.25) is 0 Å². The van der Waals surface area contributed by atoms with Gasteiger partial charge < -0.3 is 9.13 Å². The molecule has 59 heavy (non-hydrogen) atoms. The van der Waals surface area contributed by atoms with Gasteiger partial charge in [0.15, 0.2) is 0 Å². The van der Waals surface area contributed by atoms with E-state index in [1.54, 1.807) is 0 Å². The van der Waals surface area contributed by atoms with E-state index in [2.05, 4.69) is 216 Å². The first-order valence-electron chi connectivity index (χ1n) is 20.5. The van der Waals surface area contributed by atoms with Crippen LogP contribution >= 0.6 is 0 Å². The van der Waals surface area contributed by atoms with Gasteiger partial charge in [0.25, 0.3) is 0 Å². The summed E-state index contributed by atoms with van der Waals surface area (Å²) in [5.41, 5.74) is 19.4. The Kier molecular flexibility index (Phi) is 7.27. The van der Waals surface area contributed by atoms with Crippen molar-refractivity contribution >= 4 is 43.6 Å². The zero-order valence-corrected chi connectivity index (χ0v) is 32.9. The van der Waals surface area contributed by atoms with E-state index < -0.39 is 0 Å². The van der Waals surface area contributed by atoms with Gasteiger partial charge in [-0.1, -0.05) is 117 Å². The van der Waals surface area contributed by atoms with Crippen LogP contribution in [0.15, 0.2) is 200 Å². The van der Waals surface area contributed by atoms with Crippen molar-refractivity contribution in [3.05, 3.63) is 211 Å². The highest BCUT2D eigenvalue weighted by Gasteiger charge is 2.35. The molecule has 1 aliphatic rings. The van der Waals surface area contributed by atoms with Gasteiger partial charge >= 0.3 is 0 Å². The Morgan fingerprint density at radius 2 is 0.780 bits per heavy atom. The second kappa shape index (κ2) is 12.8. The topological polar surface area (TPSA) is 22.8 Å². The molecule has 8 aromatic carbocycles. The van der Waals surface area contributed by atoms with Crippen LogP contribution in [0.2, 0.25) is 0 Å². The summed E-state index contributed by atoms with van der Waals surface area (Å²) in [5, 5.41) is 4.99. The number of benzene rings is 8. The van der Waals surface area contributed by atoms with E-state index in [0.717, 1.165) is 16.9 Å². The van der Waals surface area contributed by atoms with Crippen LogP contribution in [0, 0.1) is 0 Å².